The monoisotopic (exact) mass is 330 g/mol. The van der Waals surface area contributed by atoms with Gasteiger partial charge in [0.05, 0.1) is 10.0 Å². The largest absolute Gasteiger partial charge is 0.309 e. The zero-order valence-corrected chi connectivity index (χ0v) is 13.5. The van der Waals surface area contributed by atoms with Gasteiger partial charge in [-0.05, 0) is 32.0 Å². The molecule has 0 saturated heterocycles. The smallest absolute Gasteiger partial charge is 0.142 e. The van der Waals surface area contributed by atoms with E-state index in [0.717, 1.165) is 29.7 Å². The highest BCUT2D eigenvalue weighted by Gasteiger charge is 2.19. The van der Waals surface area contributed by atoms with Gasteiger partial charge in [-0.15, -0.1) is 11.3 Å². The first kappa shape index (κ1) is 16.3. The summed E-state index contributed by atoms with van der Waals surface area (Å²) in [7, 11) is 0. The van der Waals surface area contributed by atoms with Crippen molar-refractivity contribution in [2.24, 2.45) is 0 Å². The number of benzene rings is 1. The lowest BCUT2D eigenvalue weighted by atomic mass is 10.0. The van der Waals surface area contributed by atoms with Crippen LogP contribution in [0.5, 0.6) is 0 Å². The van der Waals surface area contributed by atoms with Gasteiger partial charge in [-0.25, -0.2) is 13.8 Å². The molecule has 21 heavy (non-hydrogen) atoms. The molecule has 0 fully saturated rings. The molecule has 0 radical (unpaired) electrons. The van der Waals surface area contributed by atoms with Gasteiger partial charge in [-0.3, -0.25) is 0 Å². The molecular weight excluding hydrogens is 314 g/mol. The van der Waals surface area contributed by atoms with E-state index in [1.54, 1.807) is 0 Å². The van der Waals surface area contributed by atoms with Gasteiger partial charge in [0, 0.05) is 29.1 Å². The maximum absolute atomic E-state index is 14.1. The van der Waals surface area contributed by atoms with Crippen LogP contribution in [0.15, 0.2) is 17.5 Å². The number of hydrogen-bond donors (Lipinski definition) is 1. The minimum Gasteiger partial charge on any atom is -0.309 e. The summed E-state index contributed by atoms with van der Waals surface area (Å²) >= 11 is 7.14. The fourth-order valence-corrected chi connectivity index (χ4v) is 3.06. The molecule has 0 spiro atoms. The first-order chi connectivity index (χ1) is 10.0. The topological polar surface area (TPSA) is 24.9 Å². The third-order valence-electron chi connectivity index (χ3n) is 3.10. The molecule has 0 bridgehead atoms. The highest BCUT2D eigenvalue weighted by atomic mass is 35.5. The highest BCUT2D eigenvalue weighted by Crippen LogP contribution is 2.27. The molecule has 1 N–H and O–H groups in total. The van der Waals surface area contributed by atoms with Crippen molar-refractivity contribution in [3.8, 4) is 0 Å². The van der Waals surface area contributed by atoms with E-state index >= 15 is 0 Å². The van der Waals surface area contributed by atoms with Gasteiger partial charge in [0.2, 0.25) is 0 Å². The van der Waals surface area contributed by atoms with E-state index in [1.807, 2.05) is 19.2 Å². The van der Waals surface area contributed by atoms with Gasteiger partial charge >= 0.3 is 0 Å². The summed E-state index contributed by atoms with van der Waals surface area (Å²) in [6, 6.07) is 1.88. The van der Waals surface area contributed by atoms with Crippen LogP contribution in [-0.4, -0.2) is 11.5 Å². The Bertz CT molecular complexity index is 616. The van der Waals surface area contributed by atoms with Gasteiger partial charge in [0.25, 0.3) is 0 Å². The summed E-state index contributed by atoms with van der Waals surface area (Å²) in [6.45, 7) is 4.66. The Morgan fingerprint density at radius 2 is 2.10 bits per heavy atom. The minimum atomic E-state index is -0.605. The summed E-state index contributed by atoms with van der Waals surface area (Å²) in [5.74, 6) is -1.10. The first-order valence-corrected chi connectivity index (χ1v) is 8.05. The van der Waals surface area contributed by atoms with Crippen molar-refractivity contribution >= 4 is 22.9 Å². The van der Waals surface area contributed by atoms with Crippen molar-refractivity contribution in [1.29, 1.82) is 0 Å². The van der Waals surface area contributed by atoms with Gasteiger partial charge < -0.3 is 5.32 Å². The van der Waals surface area contributed by atoms with E-state index in [4.69, 9.17) is 11.6 Å². The summed E-state index contributed by atoms with van der Waals surface area (Å²) in [5, 5.41) is 5.90. The van der Waals surface area contributed by atoms with E-state index in [2.05, 4.69) is 10.3 Å². The Balaban J connectivity index is 2.28. The Morgan fingerprint density at radius 3 is 2.71 bits per heavy atom. The van der Waals surface area contributed by atoms with E-state index < -0.39 is 11.6 Å². The molecule has 2 aromatic rings. The van der Waals surface area contributed by atoms with Crippen LogP contribution in [-0.2, 0) is 6.42 Å². The maximum Gasteiger partial charge on any atom is 0.142 e. The van der Waals surface area contributed by atoms with Crippen LogP contribution in [0.2, 0.25) is 5.02 Å². The fraction of sp³-hybridized carbons (Fsp3) is 0.400. The van der Waals surface area contributed by atoms with Crippen molar-refractivity contribution in [2.45, 2.75) is 32.7 Å². The summed E-state index contributed by atoms with van der Waals surface area (Å²) in [4.78, 5) is 4.39. The zero-order valence-electron chi connectivity index (χ0n) is 11.9. The second-order valence-electron chi connectivity index (χ2n) is 4.88. The molecule has 0 aliphatic carbocycles. The van der Waals surface area contributed by atoms with E-state index in [-0.39, 0.29) is 11.1 Å². The molecule has 114 valence electrons. The zero-order chi connectivity index (χ0) is 15.4. The molecule has 2 nitrogen and oxygen atoms in total. The minimum absolute atomic E-state index is 0.199. The Kier molecular flexibility index (Phi) is 5.67. The molecule has 2 rings (SSSR count). The normalized spacial score (nSPS) is 12.6. The van der Waals surface area contributed by atoms with Crippen molar-refractivity contribution in [3.05, 3.63) is 50.4 Å². The van der Waals surface area contributed by atoms with Gasteiger partial charge in [-0.1, -0.05) is 18.5 Å². The summed E-state index contributed by atoms with van der Waals surface area (Å²) < 4.78 is 27.8. The van der Waals surface area contributed by atoms with Crippen molar-refractivity contribution in [2.75, 3.05) is 6.54 Å². The van der Waals surface area contributed by atoms with Crippen LogP contribution in [0.25, 0.3) is 0 Å². The summed E-state index contributed by atoms with van der Waals surface area (Å²) in [5.41, 5.74) is 1.23. The average Bonchev–Trinajstić information content (AvgIpc) is 2.84. The van der Waals surface area contributed by atoms with Crippen LogP contribution < -0.4 is 5.32 Å². The third kappa shape index (κ3) is 4.22. The number of aromatic nitrogens is 1. The number of thiazole rings is 1. The van der Waals surface area contributed by atoms with Crippen molar-refractivity contribution in [1.82, 2.24) is 10.3 Å². The maximum atomic E-state index is 14.1. The SMILES string of the molecule is CCCNC(Cc1nc(C)cs1)c1cc(F)c(Cl)cc1F. The van der Waals surface area contributed by atoms with Crippen molar-refractivity contribution < 1.29 is 8.78 Å². The molecule has 0 amide bonds. The van der Waals surface area contributed by atoms with Gasteiger partial charge in [0.15, 0.2) is 0 Å². The number of hydrogen-bond acceptors (Lipinski definition) is 3. The number of halogens is 3. The van der Waals surface area contributed by atoms with Gasteiger partial charge in [-0.2, -0.15) is 0 Å². The first-order valence-electron chi connectivity index (χ1n) is 6.80. The lowest BCUT2D eigenvalue weighted by molar-refractivity contribution is 0.490. The molecule has 1 heterocycles. The number of nitrogens with one attached hydrogen (secondary N) is 1. The van der Waals surface area contributed by atoms with Gasteiger partial charge in [0.1, 0.15) is 11.6 Å². The lowest BCUT2D eigenvalue weighted by Gasteiger charge is -2.19. The lowest BCUT2D eigenvalue weighted by Crippen LogP contribution is -2.25. The highest BCUT2D eigenvalue weighted by molar-refractivity contribution is 7.09. The van der Waals surface area contributed by atoms with Crippen LogP contribution >= 0.6 is 22.9 Å². The van der Waals surface area contributed by atoms with Crippen molar-refractivity contribution in [3.63, 3.8) is 0 Å². The quantitative estimate of drug-likeness (QED) is 0.779. The number of nitrogens with zero attached hydrogens (tertiary/aromatic N) is 1. The molecule has 0 saturated carbocycles. The summed E-state index contributed by atoms with van der Waals surface area (Å²) in [6.07, 6.45) is 1.43. The molecular formula is C15H17ClF2N2S. The molecule has 1 unspecified atom stereocenters. The Hall–Kier alpha value is -1.04. The molecule has 1 atom stereocenters. The molecule has 0 aliphatic heterocycles. The van der Waals surface area contributed by atoms with E-state index in [0.29, 0.717) is 12.0 Å². The predicted molar refractivity (Wildman–Crippen MR) is 83.0 cm³/mol. The molecule has 1 aromatic heterocycles. The third-order valence-corrected chi connectivity index (χ3v) is 4.38. The standard InChI is InChI=1S/C15H17ClF2N2S/c1-3-4-19-14(7-15-20-9(2)8-21-15)10-5-13(18)11(16)6-12(10)17/h5-6,8,14,19H,3-4,7H2,1-2H3. The fourth-order valence-electron chi connectivity index (χ4n) is 2.09. The Morgan fingerprint density at radius 1 is 1.33 bits per heavy atom. The van der Waals surface area contributed by atoms with Crippen LogP contribution in [0, 0.1) is 18.6 Å². The molecule has 1 aromatic carbocycles. The number of aryl methyl sites for hydroxylation is 1. The van der Waals surface area contributed by atoms with Crippen LogP contribution in [0.1, 0.15) is 35.7 Å². The number of rotatable bonds is 6. The second-order valence-corrected chi connectivity index (χ2v) is 6.23. The van der Waals surface area contributed by atoms with E-state index in [9.17, 15) is 8.78 Å². The predicted octanol–water partition coefficient (Wildman–Crippen LogP) is 4.67. The Labute approximate surface area is 132 Å². The molecule has 0 aliphatic rings. The average molecular weight is 331 g/mol. The van der Waals surface area contributed by atoms with E-state index in [1.165, 1.54) is 17.4 Å². The second kappa shape index (κ2) is 7.29. The van der Waals surface area contributed by atoms with Crippen LogP contribution in [0.3, 0.4) is 0 Å². The van der Waals surface area contributed by atoms with Crippen LogP contribution in [0.4, 0.5) is 8.78 Å². The molecule has 6 heteroatoms.